The molecule has 8 nitrogen and oxygen atoms in total. The van der Waals surface area contributed by atoms with Gasteiger partial charge in [0.1, 0.15) is 11.8 Å². The van der Waals surface area contributed by atoms with Gasteiger partial charge in [-0.25, -0.2) is 0 Å². The van der Waals surface area contributed by atoms with Gasteiger partial charge >= 0.3 is 0 Å². The number of piperazine rings is 1. The fraction of sp³-hybridized carbons (Fsp3) is 0.367. The molecule has 0 saturated carbocycles. The summed E-state index contributed by atoms with van der Waals surface area (Å²) in [6, 6.07) is 16.1. The number of carbonyl (C=O) groups is 3. The molecule has 0 aromatic heterocycles. The second-order valence-electron chi connectivity index (χ2n) is 9.79. The highest BCUT2D eigenvalue weighted by molar-refractivity contribution is 5.99. The van der Waals surface area contributed by atoms with E-state index in [0.717, 1.165) is 17.7 Å². The van der Waals surface area contributed by atoms with Crippen LogP contribution in [-0.4, -0.2) is 74.9 Å². The Hall–Kier alpha value is -3.75. The summed E-state index contributed by atoms with van der Waals surface area (Å²) in [5, 5.41) is 6.37. The van der Waals surface area contributed by atoms with E-state index < -0.39 is 6.04 Å². The minimum absolute atomic E-state index is 0.0764. The number of likely N-dealkylation sites (N-methyl/N-ethyl adjacent to an activating group) is 1. The maximum atomic E-state index is 13.6. The monoisotopic (exact) mass is 516 g/mol. The average molecular weight is 517 g/mol. The first-order valence-electron chi connectivity index (χ1n) is 13.0. The third-order valence-corrected chi connectivity index (χ3v) is 7.13. The van der Waals surface area contributed by atoms with Crippen molar-refractivity contribution in [2.24, 2.45) is 5.92 Å². The quantitative estimate of drug-likeness (QED) is 0.532. The smallest absolute Gasteiger partial charge is 0.249 e. The summed E-state index contributed by atoms with van der Waals surface area (Å²) in [5.41, 5.74) is 2.57. The largest absolute Gasteiger partial charge is 0.497 e. The van der Waals surface area contributed by atoms with E-state index in [4.69, 9.17) is 4.74 Å². The molecule has 2 aliphatic rings. The van der Waals surface area contributed by atoms with Crippen LogP contribution in [0.4, 0.5) is 5.69 Å². The van der Waals surface area contributed by atoms with Crippen LogP contribution in [0.15, 0.2) is 78.4 Å². The molecule has 0 bridgehead atoms. The highest BCUT2D eigenvalue weighted by atomic mass is 16.5. The lowest BCUT2D eigenvalue weighted by atomic mass is 9.92. The summed E-state index contributed by atoms with van der Waals surface area (Å²) in [7, 11) is 3.30. The second-order valence-corrected chi connectivity index (χ2v) is 9.79. The van der Waals surface area contributed by atoms with Gasteiger partial charge in [-0.15, -0.1) is 0 Å². The minimum atomic E-state index is -0.741. The zero-order chi connectivity index (χ0) is 27.1. The number of methoxy groups -OCH3 is 1. The summed E-state index contributed by atoms with van der Waals surface area (Å²) >= 11 is 0. The number of nitrogens with one attached hydrogen (secondary N) is 2. The van der Waals surface area contributed by atoms with Gasteiger partial charge < -0.3 is 20.3 Å². The SMILES string of the molecule is COc1ccc(N(C)C(=O)[C@H](Cc2ccccc2)NC(=O)CN2CCNCC2C2=CC(=O)C(C)C=C2)cc1. The van der Waals surface area contributed by atoms with Crippen molar-refractivity contribution >= 4 is 23.3 Å². The molecular formula is C30H36N4O4. The van der Waals surface area contributed by atoms with Gasteiger partial charge in [0.25, 0.3) is 0 Å². The molecule has 1 saturated heterocycles. The van der Waals surface area contributed by atoms with Crippen molar-refractivity contribution in [3.05, 3.63) is 84.0 Å². The van der Waals surface area contributed by atoms with Crippen LogP contribution >= 0.6 is 0 Å². The molecule has 0 radical (unpaired) electrons. The summed E-state index contributed by atoms with van der Waals surface area (Å²) in [6.07, 6.45) is 5.96. The van der Waals surface area contributed by atoms with Crippen LogP contribution in [0, 0.1) is 5.92 Å². The highest BCUT2D eigenvalue weighted by Gasteiger charge is 2.31. The van der Waals surface area contributed by atoms with Gasteiger partial charge in [-0.05, 0) is 41.5 Å². The predicted molar refractivity (Wildman–Crippen MR) is 148 cm³/mol. The van der Waals surface area contributed by atoms with Gasteiger partial charge in [0, 0.05) is 50.7 Å². The van der Waals surface area contributed by atoms with E-state index >= 15 is 0 Å². The van der Waals surface area contributed by atoms with Crippen molar-refractivity contribution in [2.45, 2.75) is 25.4 Å². The van der Waals surface area contributed by atoms with Gasteiger partial charge in [-0.1, -0.05) is 49.4 Å². The van der Waals surface area contributed by atoms with Crippen LogP contribution in [0.5, 0.6) is 5.75 Å². The molecule has 1 fully saturated rings. The lowest BCUT2D eigenvalue weighted by Gasteiger charge is -2.37. The number of hydrogen-bond donors (Lipinski definition) is 2. The van der Waals surface area contributed by atoms with Crippen molar-refractivity contribution in [3.8, 4) is 5.75 Å². The molecule has 3 atom stereocenters. The molecule has 2 aromatic rings. The number of carbonyl (C=O) groups excluding carboxylic acids is 3. The average Bonchev–Trinajstić information content (AvgIpc) is 2.94. The van der Waals surface area contributed by atoms with Crippen molar-refractivity contribution in [1.82, 2.24) is 15.5 Å². The zero-order valence-electron chi connectivity index (χ0n) is 22.2. The predicted octanol–water partition coefficient (Wildman–Crippen LogP) is 2.36. The van der Waals surface area contributed by atoms with Gasteiger partial charge in [-0.2, -0.15) is 0 Å². The van der Waals surface area contributed by atoms with E-state index in [1.807, 2.05) is 61.5 Å². The molecule has 0 spiro atoms. The van der Waals surface area contributed by atoms with E-state index in [-0.39, 0.29) is 36.1 Å². The van der Waals surface area contributed by atoms with Gasteiger partial charge in [0.15, 0.2) is 5.78 Å². The van der Waals surface area contributed by atoms with Crippen LogP contribution in [0.3, 0.4) is 0 Å². The topological polar surface area (TPSA) is 91.0 Å². The molecule has 1 heterocycles. The first-order valence-corrected chi connectivity index (χ1v) is 13.0. The van der Waals surface area contributed by atoms with Gasteiger partial charge in [0.2, 0.25) is 11.8 Å². The summed E-state index contributed by atoms with van der Waals surface area (Å²) in [5.74, 6) is 0.219. The van der Waals surface area contributed by atoms with E-state index in [9.17, 15) is 14.4 Å². The lowest BCUT2D eigenvalue weighted by Crippen LogP contribution is -2.57. The van der Waals surface area contributed by atoms with Crippen molar-refractivity contribution in [2.75, 3.05) is 45.2 Å². The van der Waals surface area contributed by atoms with Crippen LogP contribution in [0.2, 0.25) is 0 Å². The Labute approximate surface area is 224 Å². The number of nitrogens with zero attached hydrogens (tertiary/aromatic N) is 2. The Balaban J connectivity index is 1.49. The number of allylic oxidation sites excluding steroid dienone is 2. The lowest BCUT2D eigenvalue weighted by molar-refractivity contribution is -0.128. The van der Waals surface area contributed by atoms with E-state index in [1.54, 1.807) is 37.3 Å². The van der Waals surface area contributed by atoms with Crippen molar-refractivity contribution in [3.63, 3.8) is 0 Å². The molecule has 8 heteroatoms. The Morgan fingerprint density at radius 1 is 1.16 bits per heavy atom. The number of amides is 2. The van der Waals surface area contributed by atoms with Crippen LogP contribution in [0.25, 0.3) is 0 Å². The Kier molecular flexibility index (Phi) is 9.10. The first-order chi connectivity index (χ1) is 18.4. The fourth-order valence-electron chi connectivity index (χ4n) is 4.81. The molecule has 1 aliphatic carbocycles. The Morgan fingerprint density at radius 3 is 2.58 bits per heavy atom. The Bertz CT molecular complexity index is 1190. The Morgan fingerprint density at radius 2 is 1.89 bits per heavy atom. The standard InChI is InChI=1S/C30H36N4O4/c1-21-9-10-23(18-28(21)35)27-19-31-15-16-34(27)20-29(36)32-26(17-22-7-5-4-6-8-22)30(37)33(2)24-11-13-25(38-3)14-12-24/h4-14,18,21,26-27,31H,15-17,19-20H2,1-3H3,(H,32,36)/t21?,26-,27?/m0/s1. The minimum Gasteiger partial charge on any atom is -0.497 e. The number of benzene rings is 2. The summed E-state index contributed by atoms with van der Waals surface area (Å²) < 4.78 is 5.23. The number of ether oxygens (including phenoxy) is 1. The molecular weight excluding hydrogens is 480 g/mol. The van der Waals surface area contributed by atoms with E-state index in [0.29, 0.717) is 30.9 Å². The molecule has 200 valence electrons. The maximum Gasteiger partial charge on any atom is 0.249 e. The molecule has 1 aliphatic heterocycles. The number of anilines is 1. The van der Waals surface area contributed by atoms with Crippen LogP contribution in [0.1, 0.15) is 12.5 Å². The summed E-state index contributed by atoms with van der Waals surface area (Å²) in [4.78, 5) is 42.9. The first kappa shape index (κ1) is 27.3. The molecule has 38 heavy (non-hydrogen) atoms. The normalized spacial score (nSPS) is 20.4. The maximum absolute atomic E-state index is 13.6. The number of hydrogen-bond acceptors (Lipinski definition) is 6. The van der Waals surface area contributed by atoms with Crippen LogP contribution < -0.4 is 20.3 Å². The van der Waals surface area contributed by atoms with Crippen molar-refractivity contribution < 1.29 is 19.1 Å². The zero-order valence-corrected chi connectivity index (χ0v) is 22.2. The number of ketones is 1. The molecule has 2 amide bonds. The molecule has 2 unspecified atom stereocenters. The highest BCUT2D eigenvalue weighted by Crippen LogP contribution is 2.21. The molecule has 4 rings (SSSR count). The molecule has 2 aromatic carbocycles. The van der Waals surface area contributed by atoms with E-state index in [1.165, 1.54) is 0 Å². The number of rotatable bonds is 9. The van der Waals surface area contributed by atoms with E-state index in [2.05, 4.69) is 15.5 Å². The molecule has 2 N–H and O–H groups in total. The van der Waals surface area contributed by atoms with Gasteiger partial charge in [0.05, 0.1) is 13.7 Å². The van der Waals surface area contributed by atoms with Crippen molar-refractivity contribution in [1.29, 1.82) is 0 Å². The second kappa shape index (κ2) is 12.7. The van der Waals surface area contributed by atoms with Gasteiger partial charge in [-0.3, -0.25) is 19.3 Å². The summed E-state index contributed by atoms with van der Waals surface area (Å²) in [6.45, 7) is 4.07. The third-order valence-electron chi connectivity index (χ3n) is 7.13. The third kappa shape index (κ3) is 6.76. The fourth-order valence-corrected chi connectivity index (χ4v) is 4.81. The van der Waals surface area contributed by atoms with Crippen LogP contribution in [-0.2, 0) is 20.8 Å².